The van der Waals surface area contributed by atoms with Gasteiger partial charge in [-0.15, -0.1) is 11.6 Å². The highest BCUT2D eigenvalue weighted by molar-refractivity contribution is 6.64. The smallest absolute Gasteiger partial charge is 0.0979 e. The number of rotatable bonds is 2. The molecule has 0 N–H and O–H groups in total. The van der Waals surface area contributed by atoms with E-state index in [1.165, 1.54) is 0 Å². The van der Waals surface area contributed by atoms with E-state index in [0.717, 1.165) is 0 Å². The van der Waals surface area contributed by atoms with E-state index in [2.05, 4.69) is 4.99 Å². The first-order valence-electron chi connectivity index (χ1n) is 2.76. The fraction of sp³-hybridized carbons (Fsp3) is 0.833. The number of alkyl halides is 1. The van der Waals surface area contributed by atoms with Crippen molar-refractivity contribution in [3.63, 3.8) is 0 Å². The van der Waals surface area contributed by atoms with Crippen LogP contribution < -0.4 is 0 Å². The lowest BCUT2D eigenvalue weighted by molar-refractivity contribution is 0.592. The normalized spacial score (nSPS) is 14.1. The molecule has 0 saturated carbocycles. The van der Waals surface area contributed by atoms with Crippen LogP contribution in [0.1, 0.15) is 20.8 Å². The molecule has 0 radical (unpaired) electrons. The Morgan fingerprint density at radius 1 is 1.56 bits per heavy atom. The second-order valence-corrected chi connectivity index (χ2v) is 3.37. The van der Waals surface area contributed by atoms with Gasteiger partial charge in [0.25, 0.3) is 0 Å². The first kappa shape index (κ1) is 9.25. The highest BCUT2D eigenvalue weighted by Gasteiger charge is 2.13. The van der Waals surface area contributed by atoms with Crippen LogP contribution in [0.25, 0.3) is 0 Å². The van der Waals surface area contributed by atoms with Crippen LogP contribution in [-0.2, 0) is 0 Å². The van der Waals surface area contributed by atoms with Gasteiger partial charge in [-0.25, -0.2) is 0 Å². The summed E-state index contributed by atoms with van der Waals surface area (Å²) < 4.78 is 0. The third kappa shape index (κ3) is 4.73. The molecule has 0 aliphatic heterocycles. The van der Waals surface area contributed by atoms with E-state index in [4.69, 9.17) is 23.2 Å². The molecule has 0 fully saturated rings. The van der Waals surface area contributed by atoms with Crippen molar-refractivity contribution >= 4 is 28.4 Å². The number of halogens is 2. The van der Waals surface area contributed by atoms with Gasteiger partial charge in [0.1, 0.15) is 0 Å². The molecule has 0 amide bonds. The van der Waals surface area contributed by atoms with Gasteiger partial charge in [0.15, 0.2) is 0 Å². The summed E-state index contributed by atoms with van der Waals surface area (Å²) in [7, 11) is 0. The van der Waals surface area contributed by atoms with Crippen LogP contribution in [0.4, 0.5) is 0 Å². The maximum atomic E-state index is 5.57. The molecule has 0 bridgehead atoms. The zero-order valence-corrected chi connectivity index (χ0v) is 7.42. The molecular formula is C6H11Cl2N. The Morgan fingerprint density at radius 3 is 2.11 bits per heavy atom. The topological polar surface area (TPSA) is 12.4 Å². The minimum atomic E-state index is -0.215. The van der Waals surface area contributed by atoms with Crippen molar-refractivity contribution < 1.29 is 0 Å². The molecule has 0 aliphatic carbocycles. The molecule has 0 heterocycles. The molecule has 0 aromatic heterocycles. The van der Waals surface area contributed by atoms with Gasteiger partial charge in [0.2, 0.25) is 0 Å². The second kappa shape index (κ2) is 3.43. The summed E-state index contributed by atoms with van der Waals surface area (Å²) in [4.78, 5) is 4.08. The summed E-state index contributed by atoms with van der Waals surface area (Å²) >= 11 is 11.1. The number of hydrogen-bond donors (Lipinski definition) is 0. The summed E-state index contributed by atoms with van der Waals surface area (Å²) in [5.41, 5.74) is -0.215. The van der Waals surface area contributed by atoms with Crippen molar-refractivity contribution in [2.24, 2.45) is 4.99 Å². The highest BCUT2D eigenvalue weighted by atomic mass is 35.5. The van der Waals surface area contributed by atoms with Crippen molar-refractivity contribution in [1.29, 1.82) is 0 Å². The van der Waals surface area contributed by atoms with E-state index in [1.807, 2.05) is 13.8 Å². The van der Waals surface area contributed by atoms with E-state index in [0.29, 0.717) is 11.1 Å². The highest BCUT2D eigenvalue weighted by Crippen LogP contribution is 2.11. The summed E-state index contributed by atoms with van der Waals surface area (Å²) in [6, 6.07) is 0. The van der Waals surface area contributed by atoms with Gasteiger partial charge in [0.05, 0.1) is 10.7 Å². The van der Waals surface area contributed by atoms with Crippen LogP contribution in [0, 0.1) is 0 Å². The fourth-order valence-electron chi connectivity index (χ4n) is 0.447. The Balaban J connectivity index is 4.01. The van der Waals surface area contributed by atoms with Crippen molar-refractivity contribution in [1.82, 2.24) is 0 Å². The van der Waals surface area contributed by atoms with Crippen LogP contribution >= 0.6 is 23.2 Å². The van der Waals surface area contributed by atoms with E-state index in [9.17, 15) is 0 Å². The second-order valence-electron chi connectivity index (χ2n) is 2.55. The van der Waals surface area contributed by atoms with Gasteiger partial charge in [-0.3, -0.25) is 4.99 Å². The maximum Gasteiger partial charge on any atom is 0.0979 e. The van der Waals surface area contributed by atoms with E-state index < -0.39 is 0 Å². The van der Waals surface area contributed by atoms with Gasteiger partial charge >= 0.3 is 0 Å². The maximum absolute atomic E-state index is 5.57. The molecular weight excluding hydrogens is 157 g/mol. The van der Waals surface area contributed by atoms with Gasteiger partial charge in [-0.2, -0.15) is 0 Å². The molecule has 0 aromatic rings. The number of aliphatic imine (C=N–C) groups is 1. The van der Waals surface area contributed by atoms with Gasteiger partial charge < -0.3 is 0 Å². The lowest BCUT2D eigenvalue weighted by Gasteiger charge is -2.14. The predicted octanol–water partition coefficient (Wildman–Crippen LogP) is 2.66. The third-order valence-electron chi connectivity index (χ3n) is 0.784. The molecule has 54 valence electrons. The van der Waals surface area contributed by atoms with Gasteiger partial charge in [-0.1, -0.05) is 11.6 Å². The molecule has 1 nitrogen and oxygen atoms in total. The molecule has 0 aliphatic rings. The average molecular weight is 168 g/mol. The Kier molecular flexibility index (Phi) is 3.52. The lowest BCUT2D eigenvalue weighted by atomic mass is 10.1. The van der Waals surface area contributed by atoms with Crippen molar-refractivity contribution in [2.75, 3.05) is 5.88 Å². The summed E-state index contributed by atoms with van der Waals surface area (Å²) in [6.07, 6.45) is 0. The Hall–Kier alpha value is 0.250. The minimum Gasteiger partial charge on any atom is -0.271 e. The number of nitrogens with zero attached hydrogens (tertiary/aromatic N) is 1. The molecule has 0 unspecified atom stereocenters. The predicted molar refractivity (Wildman–Crippen MR) is 43.8 cm³/mol. The van der Waals surface area contributed by atoms with E-state index >= 15 is 0 Å². The van der Waals surface area contributed by atoms with Crippen molar-refractivity contribution in [2.45, 2.75) is 26.3 Å². The lowest BCUT2D eigenvalue weighted by Crippen LogP contribution is -2.19. The standard InChI is InChI=1S/C6H11Cl2N/c1-5(8)9-6(2,3)4-7/h4H2,1-3H3. The molecule has 0 saturated heterocycles. The monoisotopic (exact) mass is 167 g/mol. The molecule has 0 spiro atoms. The van der Waals surface area contributed by atoms with Gasteiger partial charge in [-0.05, 0) is 20.8 Å². The Morgan fingerprint density at radius 2 is 2.00 bits per heavy atom. The van der Waals surface area contributed by atoms with Crippen molar-refractivity contribution in [3.8, 4) is 0 Å². The number of hydrogen-bond acceptors (Lipinski definition) is 1. The van der Waals surface area contributed by atoms with Gasteiger partial charge in [0, 0.05) is 5.88 Å². The van der Waals surface area contributed by atoms with Crippen LogP contribution in [-0.4, -0.2) is 16.6 Å². The third-order valence-corrected chi connectivity index (χ3v) is 1.52. The molecule has 9 heavy (non-hydrogen) atoms. The Labute approximate surface area is 66.1 Å². The molecule has 3 heteroatoms. The van der Waals surface area contributed by atoms with E-state index in [-0.39, 0.29) is 5.54 Å². The first-order chi connectivity index (χ1) is 3.98. The summed E-state index contributed by atoms with van der Waals surface area (Å²) in [6.45, 7) is 5.62. The zero-order chi connectivity index (χ0) is 7.49. The summed E-state index contributed by atoms with van der Waals surface area (Å²) in [5, 5.41) is 0.556. The van der Waals surface area contributed by atoms with E-state index in [1.54, 1.807) is 6.92 Å². The minimum absolute atomic E-state index is 0.215. The van der Waals surface area contributed by atoms with Crippen molar-refractivity contribution in [3.05, 3.63) is 0 Å². The van der Waals surface area contributed by atoms with Crippen LogP contribution in [0.2, 0.25) is 0 Å². The first-order valence-corrected chi connectivity index (χ1v) is 3.67. The Bertz CT molecular complexity index is 114. The molecule has 0 aromatic carbocycles. The zero-order valence-electron chi connectivity index (χ0n) is 5.91. The van der Waals surface area contributed by atoms with Crippen LogP contribution in [0.15, 0.2) is 4.99 Å². The summed E-state index contributed by atoms with van der Waals surface area (Å²) in [5.74, 6) is 0.497. The molecule has 0 rings (SSSR count). The van der Waals surface area contributed by atoms with Crippen LogP contribution in [0.3, 0.4) is 0 Å². The quantitative estimate of drug-likeness (QED) is 0.444. The SMILES string of the molecule is CC(Cl)=NC(C)(C)CCl. The molecule has 0 atom stereocenters. The fourth-order valence-corrected chi connectivity index (χ4v) is 0.735. The average Bonchev–Trinajstić information content (AvgIpc) is 1.63. The largest absolute Gasteiger partial charge is 0.271 e. The van der Waals surface area contributed by atoms with Crippen LogP contribution in [0.5, 0.6) is 0 Å².